The van der Waals surface area contributed by atoms with Gasteiger partial charge in [0.25, 0.3) is 0 Å². The molecular formula is C75H128O6. The lowest BCUT2D eigenvalue weighted by Crippen LogP contribution is -2.30. The maximum Gasteiger partial charge on any atom is 0.306 e. The van der Waals surface area contributed by atoms with Crippen molar-refractivity contribution in [1.29, 1.82) is 0 Å². The molecule has 0 aromatic carbocycles. The average Bonchev–Trinajstić information content (AvgIpc) is 3.47. The molecule has 1 unspecified atom stereocenters. The molecule has 1 atom stereocenters. The van der Waals surface area contributed by atoms with Gasteiger partial charge in [-0.1, -0.05) is 329 Å². The van der Waals surface area contributed by atoms with E-state index in [2.05, 4.69) is 130 Å². The largest absolute Gasteiger partial charge is 0.462 e. The van der Waals surface area contributed by atoms with Gasteiger partial charge in [0.05, 0.1) is 0 Å². The number of unbranched alkanes of at least 4 members (excludes halogenated alkanes) is 33. The predicted molar refractivity (Wildman–Crippen MR) is 353 cm³/mol. The minimum Gasteiger partial charge on any atom is -0.462 e. The van der Waals surface area contributed by atoms with Gasteiger partial charge in [0.15, 0.2) is 6.10 Å². The molecule has 0 saturated carbocycles. The van der Waals surface area contributed by atoms with Crippen LogP contribution in [0.15, 0.2) is 109 Å². The van der Waals surface area contributed by atoms with Crippen LogP contribution in [-0.4, -0.2) is 37.2 Å². The van der Waals surface area contributed by atoms with Crippen LogP contribution in [0.5, 0.6) is 0 Å². The molecule has 0 aliphatic heterocycles. The third-order valence-corrected chi connectivity index (χ3v) is 14.8. The molecule has 0 rings (SSSR count). The number of esters is 3. The topological polar surface area (TPSA) is 78.9 Å². The first-order valence-corrected chi connectivity index (χ1v) is 34.4. The number of hydrogen-bond donors (Lipinski definition) is 0. The van der Waals surface area contributed by atoms with Crippen molar-refractivity contribution < 1.29 is 28.6 Å². The molecule has 0 heterocycles. The Bertz CT molecular complexity index is 1620. The van der Waals surface area contributed by atoms with Gasteiger partial charge in [-0.25, -0.2) is 0 Å². The van der Waals surface area contributed by atoms with Gasteiger partial charge < -0.3 is 14.2 Å². The van der Waals surface area contributed by atoms with Crippen molar-refractivity contribution in [1.82, 2.24) is 0 Å². The first-order chi connectivity index (χ1) is 40.0. The van der Waals surface area contributed by atoms with E-state index in [1.807, 2.05) is 0 Å². The van der Waals surface area contributed by atoms with Gasteiger partial charge in [0.1, 0.15) is 13.2 Å². The van der Waals surface area contributed by atoms with Crippen LogP contribution in [0.4, 0.5) is 0 Å². The van der Waals surface area contributed by atoms with Crippen molar-refractivity contribution in [3.63, 3.8) is 0 Å². The van der Waals surface area contributed by atoms with Gasteiger partial charge in [-0.3, -0.25) is 14.4 Å². The predicted octanol–water partition coefficient (Wildman–Crippen LogP) is 23.8. The van der Waals surface area contributed by atoms with E-state index in [0.29, 0.717) is 19.3 Å². The molecule has 6 nitrogen and oxygen atoms in total. The van der Waals surface area contributed by atoms with E-state index < -0.39 is 6.10 Å². The van der Waals surface area contributed by atoms with Gasteiger partial charge in [-0.05, 0) is 89.9 Å². The Labute approximate surface area is 501 Å². The highest BCUT2D eigenvalue weighted by Crippen LogP contribution is 2.17. The quantitative estimate of drug-likeness (QED) is 0.0261. The fraction of sp³-hybridized carbons (Fsp3) is 0.720. The first kappa shape index (κ1) is 77.1. The highest BCUT2D eigenvalue weighted by Gasteiger charge is 2.19. The molecule has 0 spiro atoms. The number of carbonyl (C=O) groups excluding carboxylic acids is 3. The van der Waals surface area contributed by atoms with Gasteiger partial charge in [-0.2, -0.15) is 0 Å². The molecule has 6 heteroatoms. The molecular weight excluding hydrogens is 997 g/mol. The van der Waals surface area contributed by atoms with Gasteiger partial charge in [0.2, 0.25) is 0 Å². The monoisotopic (exact) mass is 1120 g/mol. The van der Waals surface area contributed by atoms with Crippen LogP contribution in [0.1, 0.15) is 329 Å². The molecule has 0 amide bonds. The smallest absolute Gasteiger partial charge is 0.306 e. The summed E-state index contributed by atoms with van der Waals surface area (Å²) in [4.78, 5) is 38.2. The fourth-order valence-electron chi connectivity index (χ4n) is 9.67. The Balaban J connectivity index is 4.15. The van der Waals surface area contributed by atoms with Gasteiger partial charge in [-0.15, -0.1) is 0 Å². The molecule has 0 aliphatic carbocycles. The normalized spacial score (nSPS) is 12.8. The molecule has 0 aromatic rings. The Morgan fingerprint density at radius 3 is 0.753 bits per heavy atom. The summed E-state index contributed by atoms with van der Waals surface area (Å²) >= 11 is 0. The summed E-state index contributed by atoms with van der Waals surface area (Å²) in [7, 11) is 0. The maximum absolute atomic E-state index is 12.9. The van der Waals surface area contributed by atoms with E-state index in [0.717, 1.165) is 122 Å². The van der Waals surface area contributed by atoms with E-state index >= 15 is 0 Å². The van der Waals surface area contributed by atoms with Crippen LogP contribution in [-0.2, 0) is 28.6 Å². The SMILES string of the molecule is CC/C=C\C/C=C\C/C=C\C/C=C\C/C=C\C/C=C\C/C=C\C/C=C\C/C=C\CCCCCCCCCC(=O)OCC(COC(=O)CCCCCCCCCC)OC(=O)CCCCCCCCCCCCCCCCCCCCCC. The molecule has 0 bridgehead atoms. The summed E-state index contributed by atoms with van der Waals surface area (Å²) in [6, 6.07) is 0. The van der Waals surface area contributed by atoms with E-state index in [4.69, 9.17) is 14.2 Å². The van der Waals surface area contributed by atoms with Crippen LogP contribution in [0.3, 0.4) is 0 Å². The Morgan fingerprint density at radius 2 is 0.481 bits per heavy atom. The third-order valence-electron chi connectivity index (χ3n) is 14.8. The second-order valence-corrected chi connectivity index (χ2v) is 22.7. The molecule has 0 aliphatic rings. The van der Waals surface area contributed by atoms with Gasteiger partial charge >= 0.3 is 17.9 Å². The average molecular weight is 1130 g/mol. The van der Waals surface area contributed by atoms with Crippen molar-refractivity contribution in [2.45, 2.75) is 335 Å². The van der Waals surface area contributed by atoms with Gasteiger partial charge in [0, 0.05) is 19.3 Å². The van der Waals surface area contributed by atoms with Crippen LogP contribution >= 0.6 is 0 Å². The highest BCUT2D eigenvalue weighted by atomic mass is 16.6. The summed E-state index contributed by atoms with van der Waals surface area (Å²) in [6.07, 6.45) is 94.1. The number of hydrogen-bond acceptors (Lipinski definition) is 6. The molecule has 0 radical (unpaired) electrons. The van der Waals surface area contributed by atoms with Crippen molar-refractivity contribution in [3.05, 3.63) is 109 Å². The lowest BCUT2D eigenvalue weighted by atomic mass is 10.0. The van der Waals surface area contributed by atoms with Crippen molar-refractivity contribution in [2.75, 3.05) is 13.2 Å². The summed E-state index contributed by atoms with van der Waals surface area (Å²) in [6.45, 7) is 6.52. The Morgan fingerprint density at radius 1 is 0.259 bits per heavy atom. The van der Waals surface area contributed by atoms with Crippen molar-refractivity contribution in [3.8, 4) is 0 Å². The zero-order valence-corrected chi connectivity index (χ0v) is 53.3. The minimum absolute atomic E-state index is 0.0773. The summed E-state index contributed by atoms with van der Waals surface area (Å²) < 4.78 is 16.9. The molecule has 0 aromatic heterocycles. The molecule has 464 valence electrons. The third kappa shape index (κ3) is 66.8. The molecule has 0 fully saturated rings. The maximum atomic E-state index is 12.9. The summed E-state index contributed by atoms with van der Waals surface area (Å²) in [5.74, 6) is -0.880. The van der Waals surface area contributed by atoms with E-state index in [-0.39, 0.29) is 31.1 Å². The minimum atomic E-state index is -0.779. The lowest BCUT2D eigenvalue weighted by molar-refractivity contribution is -0.167. The lowest BCUT2D eigenvalue weighted by Gasteiger charge is -2.18. The number of carbonyl (C=O) groups is 3. The van der Waals surface area contributed by atoms with E-state index in [1.54, 1.807) is 0 Å². The van der Waals surface area contributed by atoms with Crippen molar-refractivity contribution in [2.24, 2.45) is 0 Å². The summed E-state index contributed by atoms with van der Waals surface area (Å²) in [5, 5.41) is 0. The number of ether oxygens (including phenoxy) is 3. The Kier molecular flexibility index (Phi) is 65.2. The highest BCUT2D eigenvalue weighted by molar-refractivity contribution is 5.71. The van der Waals surface area contributed by atoms with E-state index in [9.17, 15) is 14.4 Å². The summed E-state index contributed by atoms with van der Waals surface area (Å²) in [5.41, 5.74) is 0. The second kappa shape index (κ2) is 68.6. The van der Waals surface area contributed by atoms with E-state index in [1.165, 1.54) is 167 Å². The fourth-order valence-corrected chi connectivity index (χ4v) is 9.67. The Hall–Kier alpha value is -3.93. The first-order valence-electron chi connectivity index (χ1n) is 34.4. The van der Waals surface area contributed by atoms with Crippen LogP contribution in [0.25, 0.3) is 0 Å². The van der Waals surface area contributed by atoms with Crippen LogP contribution in [0.2, 0.25) is 0 Å². The van der Waals surface area contributed by atoms with Crippen LogP contribution in [0, 0.1) is 0 Å². The molecule has 0 saturated heterocycles. The number of rotatable bonds is 62. The molecule has 0 N–H and O–H groups in total. The van der Waals surface area contributed by atoms with Crippen LogP contribution < -0.4 is 0 Å². The standard InChI is InChI=1S/C75H128O6/c1-4-7-10-13-16-19-21-23-25-27-29-31-32-33-34-35-36-37-38-39-40-41-42-43-44-45-47-48-50-52-54-56-59-62-65-68-74(77)80-71-72(70-79-73(76)67-64-61-58-18-15-12-9-6-3)81-75(78)69-66-63-60-57-55-53-51-49-46-30-28-26-24-22-20-17-14-11-8-5-2/h7,10,16,19,23,25,29,31,33-34,36-37,39-40,42-43,45,47,72H,4-6,8-9,11-15,17-18,20-22,24,26-28,30,32,35,38,41,44,46,48-71H2,1-3H3/b10-7-,19-16-,25-23-,31-29-,34-33-,37-36-,40-39-,43-42-,47-45-. The zero-order valence-electron chi connectivity index (χ0n) is 53.3. The number of allylic oxidation sites excluding steroid dienone is 18. The molecule has 81 heavy (non-hydrogen) atoms. The zero-order chi connectivity index (χ0) is 58.5. The van der Waals surface area contributed by atoms with Crippen molar-refractivity contribution >= 4 is 17.9 Å². The second-order valence-electron chi connectivity index (χ2n) is 22.7.